The summed E-state index contributed by atoms with van der Waals surface area (Å²) in [6.07, 6.45) is 2.14. The molecule has 0 saturated carbocycles. The summed E-state index contributed by atoms with van der Waals surface area (Å²) in [5.41, 5.74) is 1.13. The zero-order valence-electron chi connectivity index (χ0n) is 17.8. The Labute approximate surface area is 193 Å². The van der Waals surface area contributed by atoms with E-state index in [0.29, 0.717) is 34.6 Å². The van der Waals surface area contributed by atoms with E-state index in [4.69, 9.17) is 9.40 Å². The Morgan fingerprint density at radius 2 is 1.91 bits per heavy atom. The topological polar surface area (TPSA) is 80.4 Å². The molecule has 0 saturated heterocycles. The number of amides is 2. The average Bonchev–Trinajstić information content (AvgIpc) is 3.31. The molecule has 0 bridgehead atoms. The van der Waals surface area contributed by atoms with Gasteiger partial charge in [-0.2, -0.15) is 0 Å². The van der Waals surface area contributed by atoms with Gasteiger partial charge in [-0.3, -0.25) is 9.36 Å². The van der Waals surface area contributed by atoms with Crippen molar-refractivity contribution in [2.45, 2.75) is 25.9 Å². The van der Waals surface area contributed by atoms with Crippen molar-refractivity contribution in [3.63, 3.8) is 0 Å². The average molecular weight is 495 g/mol. The molecule has 2 aromatic heterocycles. The summed E-state index contributed by atoms with van der Waals surface area (Å²) in [4.78, 5) is 32.8. The van der Waals surface area contributed by atoms with Gasteiger partial charge >= 0.3 is 6.03 Å². The number of fused-ring (bicyclic) bond motifs is 1. The van der Waals surface area contributed by atoms with E-state index in [0.717, 1.165) is 4.47 Å². The zero-order valence-corrected chi connectivity index (χ0v) is 19.4. The van der Waals surface area contributed by atoms with E-state index >= 15 is 0 Å². The second-order valence-corrected chi connectivity index (χ2v) is 8.34. The van der Waals surface area contributed by atoms with Crippen LogP contribution in [-0.2, 0) is 13.6 Å². The first-order valence-electron chi connectivity index (χ1n) is 10.3. The number of carbonyl (C=O) groups excluding carboxylic acids is 1. The van der Waals surface area contributed by atoms with Crippen molar-refractivity contribution in [2.24, 2.45) is 7.05 Å². The summed E-state index contributed by atoms with van der Waals surface area (Å²) in [6, 6.07) is 17.4. The molecule has 8 heteroatoms. The van der Waals surface area contributed by atoms with Gasteiger partial charge in [-0.25, -0.2) is 9.78 Å². The number of nitrogens with one attached hydrogen (secondary N) is 1. The Bertz CT molecular complexity index is 1280. The molecule has 0 aliphatic carbocycles. The fourth-order valence-electron chi connectivity index (χ4n) is 3.70. The molecule has 0 radical (unpaired) electrons. The number of rotatable bonds is 6. The maximum atomic E-state index is 13.4. The second kappa shape index (κ2) is 9.40. The third-order valence-electron chi connectivity index (χ3n) is 5.34. The Morgan fingerprint density at radius 1 is 1.16 bits per heavy atom. The zero-order chi connectivity index (χ0) is 22.7. The number of urea groups is 1. The van der Waals surface area contributed by atoms with E-state index in [1.807, 2.05) is 55.5 Å². The summed E-state index contributed by atoms with van der Waals surface area (Å²) in [5.74, 6) is 1.16. The number of furan rings is 1. The lowest BCUT2D eigenvalue weighted by Crippen LogP contribution is -2.40. The van der Waals surface area contributed by atoms with Crippen LogP contribution in [0.1, 0.15) is 31.0 Å². The van der Waals surface area contributed by atoms with Crippen LogP contribution in [0.2, 0.25) is 0 Å². The lowest BCUT2D eigenvalue weighted by Gasteiger charge is -2.31. The molecule has 2 aromatic carbocycles. The minimum atomic E-state index is -0.446. The van der Waals surface area contributed by atoms with Crippen LogP contribution in [-0.4, -0.2) is 20.5 Å². The number of aromatic nitrogens is 2. The normalized spacial score (nSPS) is 12.0. The van der Waals surface area contributed by atoms with Crippen molar-refractivity contribution in [3.05, 3.63) is 93.3 Å². The molecule has 7 nitrogen and oxygen atoms in total. The molecule has 164 valence electrons. The molecule has 1 N–H and O–H groups in total. The van der Waals surface area contributed by atoms with Gasteiger partial charge in [0, 0.05) is 17.2 Å². The van der Waals surface area contributed by atoms with E-state index in [9.17, 15) is 9.59 Å². The van der Waals surface area contributed by atoms with Gasteiger partial charge in [-0.05, 0) is 55.0 Å². The molecule has 0 aliphatic heterocycles. The quantitative estimate of drug-likeness (QED) is 0.385. The highest BCUT2D eigenvalue weighted by atomic mass is 79.9. The largest absolute Gasteiger partial charge is 0.467 e. The van der Waals surface area contributed by atoms with E-state index < -0.39 is 6.04 Å². The summed E-state index contributed by atoms with van der Waals surface area (Å²) in [7, 11) is 1.69. The first-order valence-corrected chi connectivity index (χ1v) is 11.1. The lowest BCUT2D eigenvalue weighted by molar-refractivity contribution is 0.169. The third-order valence-corrected chi connectivity index (χ3v) is 5.87. The standard InChI is InChI=1S/C24H23BrN4O3/c1-3-21(22-27-20-9-5-4-8-19(20)23(30)28(22)2)29(15-18-7-6-14-32-18)24(31)26-17-12-10-16(25)11-13-17/h4-14,21H,3,15H2,1-2H3,(H,26,31). The number of anilines is 1. The van der Waals surface area contributed by atoms with Gasteiger partial charge in [0.15, 0.2) is 0 Å². The highest BCUT2D eigenvalue weighted by Crippen LogP contribution is 2.27. The molecule has 0 spiro atoms. The third kappa shape index (κ3) is 4.45. The minimum Gasteiger partial charge on any atom is -0.467 e. The van der Waals surface area contributed by atoms with Crippen molar-refractivity contribution in [1.29, 1.82) is 0 Å². The number of nitrogens with zero attached hydrogens (tertiary/aromatic N) is 3. The predicted molar refractivity (Wildman–Crippen MR) is 127 cm³/mol. The molecular weight excluding hydrogens is 472 g/mol. The van der Waals surface area contributed by atoms with Gasteiger partial charge in [-0.15, -0.1) is 0 Å². The van der Waals surface area contributed by atoms with Gasteiger partial charge < -0.3 is 14.6 Å². The van der Waals surface area contributed by atoms with Crippen LogP contribution >= 0.6 is 15.9 Å². The Morgan fingerprint density at radius 3 is 2.59 bits per heavy atom. The van der Waals surface area contributed by atoms with Crippen LogP contribution in [0.3, 0.4) is 0 Å². The Balaban J connectivity index is 1.75. The minimum absolute atomic E-state index is 0.143. The second-order valence-electron chi connectivity index (χ2n) is 7.42. The van der Waals surface area contributed by atoms with Gasteiger partial charge in [0.1, 0.15) is 11.6 Å². The molecule has 2 amide bonds. The Hall–Kier alpha value is -3.39. The van der Waals surface area contributed by atoms with Crippen LogP contribution in [0.25, 0.3) is 10.9 Å². The predicted octanol–water partition coefficient (Wildman–Crippen LogP) is 5.47. The van der Waals surface area contributed by atoms with Crippen molar-refractivity contribution in [2.75, 3.05) is 5.32 Å². The van der Waals surface area contributed by atoms with Gasteiger partial charge in [-0.1, -0.05) is 35.0 Å². The van der Waals surface area contributed by atoms with E-state index in [1.54, 1.807) is 30.3 Å². The van der Waals surface area contributed by atoms with Crippen molar-refractivity contribution < 1.29 is 9.21 Å². The highest BCUT2D eigenvalue weighted by molar-refractivity contribution is 9.10. The van der Waals surface area contributed by atoms with E-state index in [2.05, 4.69) is 21.2 Å². The van der Waals surface area contributed by atoms with Crippen LogP contribution in [0, 0.1) is 0 Å². The van der Waals surface area contributed by atoms with Gasteiger partial charge in [0.2, 0.25) is 0 Å². The fraction of sp³-hybridized carbons (Fsp3) is 0.208. The fourth-order valence-corrected chi connectivity index (χ4v) is 3.96. The highest BCUT2D eigenvalue weighted by Gasteiger charge is 2.29. The van der Waals surface area contributed by atoms with Crippen molar-refractivity contribution >= 4 is 38.6 Å². The first-order chi connectivity index (χ1) is 15.5. The van der Waals surface area contributed by atoms with E-state index in [-0.39, 0.29) is 18.1 Å². The van der Waals surface area contributed by atoms with Crippen molar-refractivity contribution in [3.8, 4) is 0 Å². The molecule has 4 rings (SSSR count). The monoisotopic (exact) mass is 494 g/mol. The number of hydrogen-bond acceptors (Lipinski definition) is 4. The molecule has 0 aliphatic rings. The Kier molecular flexibility index (Phi) is 6.41. The first kappa shape index (κ1) is 21.8. The van der Waals surface area contributed by atoms with Crippen LogP contribution in [0.5, 0.6) is 0 Å². The lowest BCUT2D eigenvalue weighted by atomic mass is 10.1. The molecule has 4 aromatic rings. The smallest absolute Gasteiger partial charge is 0.322 e. The SMILES string of the molecule is CCC(c1nc2ccccc2c(=O)n1C)N(Cc1ccco1)C(=O)Nc1ccc(Br)cc1. The summed E-state index contributed by atoms with van der Waals surface area (Å²) in [5, 5.41) is 3.49. The molecule has 0 fully saturated rings. The van der Waals surface area contributed by atoms with E-state index in [1.165, 1.54) is 4.57 Å². The molecule has 2 heterocycles. The van der Waals surface area contributed by atoms with Crippen LogP contribution in [0.15, 0.2) is 80.6 Å². The van der Waals surface area contributed by atoms with Crippen LogP contribution < -0.4 is 10.9 Å². The van der Waals surface area contributed by atoms with Gasteiger partial charge in [0.05, 0.1) is 29.8 Å². The number of carbonyl (C=O) groups is 1. The summed E-state index contributed by atoms with van der Waals surface area (Å²) in [6.45, 7) is 2.20. The molecule has 1 atom stereocenters. The maximum Gasteiger partial charge on any atom is 0.322 e. The number of para-hydroxylation sites is 1. The summed E-state index contributed by atoms with van der Waals surface area (Å²) < 4.78 is 7.97. The number of benzene rings is 2. The maximum absolute atomic E-state index is 13.4. The van der Waals surface area contributed by atoms with Gasteiger partial charge in [0.25, 0.3) is 5.56 Å². The van der Waals surface area contributed by atoms with Crippen molar-refractivity contribution in [1.82, 2.24) is 14.5 Å². The summed E-state index contributed by atoms with van der Waals surface area (Å²) >= 11 is 3.40. The number of hydrogen-bond donors (Lipinski definition) is 1. The molecule has 32 heavy (non-hydrogen) atoms. The van der Waals surface area contributed by atoms with Crippen LogP contribution in [0.4, 0.5) is 10.5 Å². The molecular formula is C24H23BrN4O3. The molecule has 1 unspecified atom stereocenters. The number of halogens is 1.